The lowest BCUT2D eigenvalue weighted by atomic mass is 10.0. The van der Waals surface area contributed by atoms with E-state index in [1.165, 1.54) is 29.2 Å². The summed E-state index contributed by atoms with van der Waals surface area (Å²) in [6, 6.07) is 12.5. The van der Waals surface area contributed by atoms with Gasteiger partial charge in [-0.2, -0.15) is 0 Å². The summed E-state index contributed by atoms with van der Waals surface area (Å²) in [4.78, 5) is 66.8. The van der Waals surface area contributed by atoms with Crippen LogP contribution in [0.2, 0.25) is 0 Å². The molecule has 1 fully saturated rings. The Labute approximate surface area is 232 Å². The standard InChI is InChI=1S/C29H35N5O6/c1-18(2)15-22(30)28(39)33-14-6-9-23(33)29(40)34(24(35)16-19-7-4-3-5-8-19)27(38)21-12-10-20(11-13-21)26(31)32-17-25(36)37/h3-5,7-8,10-13,18,22-23H,6,9,14-17,30H2,1-2H3,(H2,31,32)(H,36,37)/t22?,23-/m0/s1. The van der Waals surface area contributed by atoms with Crippen molar-refractivity contribution in [2.45, 2.75) is 51.6 Å². The molecule has 2 aromatic rings. The van der Waals surface area contributed by atoms with E-state index in [1.54, 1.807) is 30.3 Å². The summed E-state index contributed by atoms with van der Waals surface area (Å²) in [5, 5.41) is 19.2. The molecule has 1 heterocycles. The largest absolute Gasteiger partial charge is 0.480 e. The number of carbonyl (C=O) groups is 5. The Balaban J connectivity index is 1.89. The Kier molecular flexibility index (Phi) is 10.3. The lowest BCUT2D eigenvalue weighted by Crippen LogP contribution is -2.55. The maximum Gasteiger partial charge on any atom is 0.322 e. The van der Waals surface area contributed by atoms with Gasteiger partial charge in [-0.25, -0.2) is 4.90 Å². The minimum absolute atomic E-state index is 0.0249. The van der Waals surface area contributed by atoms with E-state index < -0.39 is 42.3 Å². The minimum Gasteiger partial charge on any atom is -0.480 e. The van der Waals surface area contributed by atoms with Crippen LogP contribution in [0.1, 0.15) is 54.6 Å². The zero-order valence-electron chi connectivity index (χ0n) is 22.6. The number of benzene rings is 2. The van der Waals surface area contributed by atoms with Crippen LogP contribution in [-0.4, -0.2) is 75.5 Å². The number of hydrogen-bond donors (Lipinski definition) is 4. The fourth-order valence-corrected chi connectivity index (χ4v) is 4.62. The molecule has 1 saturated heterocycles. The van der Waals surface area contributed by atoms with Gasteiger partial charge >= 0.3 is 5.97 Å². The molecule has 1 unspecified atom stereocenters. The van der Waals surface area contributed by atoms with Gasteiger partial charge in [-0.1, -0.05) is 56.3 Å². The highest BCUT2D eigenvalue weighted by atomic mass is 16.4. The van der Waals surface area contributed by atoms with Gasteiger partial charge in [0.15, 0.2) is 0 Å². The smallest absolute Gasteiger partial charge is 0.322 e. The number of imide groups is 3. The number of nitrogens with one attached hydrogen (secondary N) is 2. The van der Waals surface area contributed by atoms with Crippen LogP contribution in [0.5, 0.6) is 0 Å². The van der Waals surface area contributed by atoms with Crippen LogP contribution in [0, 0.1) is 11.3 Å². The molecular formula is C29H35N5O6. The van der Waals surface area contributed by atoms with Crippen molar-refractivity contribution in [1.82, 2.24) is 15.1 Å². The van der Waals surface area contributed by atoms with Crippen LogP contribution in [-0.2, 0) is 25.6 Å². The summed E-state index contributed by atoms with van der Waals surface area (Å²) in [5.74, 6) is -3.87. The van der Waals surface area contributed by atoms with Crippen molar-refractivity contribution in [3.8, 4) is 0 Å². The number of nitrogens with zero attached hydrogens (tertiary/aromatic N) is 2. The van der Waals surface area contributed by atoms with Crippen LogP contribution in [0.25, 0.3) is 0 Å². The summed E-state index contributed by atoms with van der Waals surface area (Å²) in [5.41, 5.74) is 7.08. The Morgan fingerprint density at radius 3 is 2.27 bits per heavy atom. The Hall–Kier alpha value is -4.38. The van der Waals surface area contributed by atoms with Crippen molar-refractivity contribution in [2.24, 2.45) is 11.7 Å². The first-order chi connectivity index (χ1) is 19.0. The number of amidine groups is 1. The number of carboxylic acid groups (broad SMARTS) is 1. The van der Waals surface area contributed by atoms with Gasteiger partial charge < -0.3 is 21.1 Å². The highest BCUT2D eigenvalue weighted by Gasteiger charge is 2.42. The summed E-state index contributed by atoms with van der Waals surface area (Å²) < 4.78 is 0. The third-order valence-electron chi connectivity index (χ3n) is 6.57. The number of carbonyl (C=O) groups excluding carboxylic acids is 4. The van der Waals surface area contributed by atoms with Gasteiger partial charge in [-0.05, 0) is 42.9 Å². The molecule has 2 aromatic carbocycles. The molecule has 0 bridgehead atoms. The number of likely N-dealkylation sites (tertiary alicyclic amines) is 1. The molecule has 0 spiro atoms. The Bertz CT molecular complexity index is 1260. The molecule has 0 saturated carbocycles. The third kappa shape index (κ3) is 7.60. The second-order valence-electron chi connectivity index (χ2n) is 10.2. The van der Waals surface area contributed by atoms with Crippen molar-refractivity contribution in [3.05, 3.63) is 71.3 Å². The predicted molar refractivity (Wildman–Crippen MR) is 147 cm³/mol. The normalized spacial score (nSPS) is 15.4. The van der Waals surface area contributed by atoms with Crippen molar-refractivity contribution in [3.63, 3.8) is 0 Å². The molecule has 2 atom stereocenters. The van der Waals surface area contributed by atoms with Gasteiger partial charge in [0.2, 0.25) is 11.8 Å². The van der Waals surface area contributed by atoms with E-state index in [-0.39, 0.29) is 29.6 Å². The van der Waals surface area contributed by atoms with E-state index in [0.29, 0.717) is 41.8 Å². The van der Waals surface area contributed by atoms with Gasteiger partial charge in [0.1, 0.15) is 18.4 Å². The minimum atomic E-state index is -1.13. The summed E-state index contributed by atoms with van der Waals surface area (Å²) in [6.07, 6.45) is 1.07. The Morgan fingerprint density at radius 1 is 1.05 bits per heavy atom. The topological polar surface area (TPSA) is 174 Å². The molecule has 3 rings (SSSR count). The van der Waals surface area contributed by atoms with Gasteiger partial charge in [0.25, 0.3) is 11.8 Å². The fourth-order valence-electron chi connectivity index (χ4n) is 4.62. The first kappa shape index (κ1) is 30.2. The van der Waals surface area contributed by atoms with Gasteiger partial charge in [-0.3, -0.25) is 29.4 Å². The number of hydrogen-bond acceptors (Lipinski definition) is 7. The highest BCUT2D eigenvalue weighted by molar-refractivity contribution is 6.18. The number of nitrogens with two attached hydrogens (primary N) is 1. The van der Waals surface area contributed by atoms with Crippen molar-refractivity contribution in [2.75, 3.05) is 13.1 Å². The van der Waals surface area contributed by atoms with Crippen molar-refractivity contribution >= 4 is 35.4 Å². The van der Waals surface area contributed by atoms with E-state index in [0.717, 1.165) is 0 Å². The van der Waals surface area contributed by atoms with Crippen molar-refractivity contribution in [1.29, 1.82) is 5.41 Å². The maximum absolute atomic E-state index is 13.8. The second-order valence-corrected chi connectivity index (χ2v) is 10.2. The van der Waals surface area contributed by atoms with Crippen LogP contribution >= 0.6 is 0 Å². The molecule has 0 aliphatic carbocycles. The fraction of sp³-hybridized carbons (Fsp3) is 0.379. The van der Waals surface area contributed by atoms with Crippen LogP contribution < -0.4 is 11.1 Å². The summed E-state index contributed by atoms with van der Waals surface area (Å²) in [6.45, 7) is 3.73. The zero-order valence-corrected chi connectivity index (χ0v) is 22.6. The molecule has 5 N–H and O–H groups in total. The zero-order chi connectivity index (χ0) is 29.4. The van der Waals surface area contributed by atoms with E-state index >= 15 is 0 Å². The molecule has 11 nitrogen and oxygen atoms in total. The summed E-state index contributed by atoms with van der Waals surface area (Å²) >= 11 is 0. The third-order valence-corrected chi connectivity index (χ3v) is 6.57. The molecular weight excluding hydrogens is 514 g/mol. The average Bonchev–Trinajstić information content (AvgIpc) is 3.41. The first-order valence-corrected chi connectivity index (χ1v) is 13.1. The number of rotatable bonds is 10. The van der Waals surface area contributed by atoms with E-state index in [1.807, 2.05) is 13.8 Å². The molecule has 40 heavy (non-hydrogen) atoms. The Morgan fingerprint density at radius 2 is 1.68 bits per heavy atom. The molecule has 4 amide bonds. The maximum atomic E-state index is 13.8. The summed E-state index contributed by atoms with van der Waals surface area (Å²) in [7, 11) is 0. The van der Waals surface area contributed by atoms with E-state index in [2.05, 4.69) is 5.32 Å². The molecule has 0 aromatic heterocycles. The predicted octanol–water partition coefficient (Wildman–Crippen LogP) is 1.79. The molecule has 212 valence electrons. The van der Waals surface area contributed by atoms with Gasteiger partial charge in [-0.15, -0.1) is 0 Å². The number of carboxylic acids is 1. The SMILES string of the molecule is CC(C)CC(N)C(=O)N1CCC[C@H]1C(=O)N(C(=O)Cc1ccccc1)C(=O)c1ccc(C(=N)NCC(=O)O)cc1. The molecule has 11 heteroatoms. The second kappa shape index (κ2) is 13.6. The molecule has 1 aliphatic rings. The number of amides is 4. The average molecular weight is 550 g/mol. The monoisotopic (exact) mass is 549 g/mol. The lowest BCUT2D eigenvalue weighted by Gasteiger charge is -2.30. The van der Waals surface area contributed by atoms with Crippen LogP contribution in [0.4, 0.5) is 0 Å². The molecule has 0 radical (unpaired) electrons. The number of aliphatic carboxylic acids is 1. The van der Waals surface area contributed by atoms with Gasteiger partial charge in [0, 0.05) is 17.7 Å². The quantitative estimate of drug-likeness (QED) is 0.197. The lowest BCUT2D eigenvalue weighted by molar-refractivity contribution is -0.148. The van der Waals surface area contributed by atoms with Crippen LogP contribution in [0.15, 0.2) is 54.6 Å². The van der Waals surface area contributed by atoms with E-state index in [4.69, 9.17) is 16.2 Å². The molecule has 1 aliphatic heterocycles. The van der Waals surface area contributed by atoms with E-state index in [9.17, 15) is 24.0 Å². The van der Waals surface area contributed by atoms with Crippen molar-refractivity contribution < 1.29 is 29.1 Å². The van der Waals surface area contributed by atoms with Gasteiger partial charge in [0.05, 0.1) is 12.5 Å². The first-order valence-electron chi connectivity index (χ1n) is 13.1. The highest BCUT2D eigenvalue weighted by Crippen LogP contribution is 2.23. The van der Waals surface area contributed by atoms with Crippen LogP contribution in [0.3, 0.4) is 0 Å².